The number of aromatic nitrogens is 1. The first-order valence-electron chi connectivity index (χ1n) is 8.65. The molecular weight excluding hydrogens is 334 g/mol. The van der Waals surface area contributed by atoms with Gasteiger partial charge in [0.05, 0.1) is 7.11 Å². The Hall–Kier alpha value is -2.85. The molecule has 3 aliphatic heterocycles. The second-order valence-corrected chi connectivity index (χ2v) is 6.68. The smallest absolute Gasteiger partial charge is 0.384 e. The molecule has 5 heterocycles. The number of hydrogen-bond donors (Lipinski definition) is 1. The maximum absolute atomic E-state index is 12.6. The zero-order valence-corrected chi connectivity index (χ0v) is 14.4. The number of carbonyl (C=O) groups excluding carboxylic acids is 2. The van der Waals surface area contributed by atoms with Gasteiger partial charge in [0.1, 0.15) is 11.3 Å². The molecule has 0 radical (unpaired) electrons. The maximum Gasteiger partial charge on any atom is 0.384 e. The van der Waals surface area contributed by atoms with Gasteiger partial charge in [-0.25, -0.2) is 4.79 Å². The second-order valence-electron chi connectivity index (χ2n) is 6.68. The van der Waals surface area contributed by atoms with Crippen LogP contribution in [0.1, 0.15) is 29.1 Å². The van der Waals surface area contributed by atoms with Crippen LogP contribution in [0, 0.1) is 17.8 Å². The van der Waals surface area contributed by atoms with Gasteiger partial charge in [0, 0.05) is 42.2 Å². The lowest BCUT2D eigenvalue weighted by molar-refractivity contribution is -0.133. The molecule has 2 aromatic rings. The van der Waals surface area contributed by atoms with E-state index < -0.39 is 5.97 Å². The standard InChI is InChI=1S/C19H19N3O4/c1-25-18(23)3-2-14-8-13-10-20-15(9-17(13)26-14)19(24)21-16-11-22-6-4-12(16)5-7-22/h8-10,12,16H,4-7,11H2,1H3,(H,21,24)/t16-/m0/s1. The topological polar surface area (TPSA) is 84.7 Å². The van der Waals surface area contributed by atoms with Crippen molar-refractivity contribution in [3.05, 3.63) is 29.8 Å². The number of piperidine rings is 3. The van der Waals surface area contributed by atoms with Crippen LogP contribution in [0.2, 0.25) is 0 Å². The lowest BCUT2D eigenvalue weighted by atomic mass is 9.84. The summed E-state index contributed by atoms with van der Waals surface area (Å²) in [5.74, 6) is 4.95. The SMILES string of the molecule is COC(=O)C#Cc1cc2cnc(C(=O)N[C@H]3CN4CCC3CC4)cc2o1. The van der Waals surface area contributed by atoms with Gasteiger partial charge in [-0.2, -0.15) is 0 Å². The van der Waals surface area contributed by atoms with Gasteiger partial charge in [-0.15, -0.1) is 0 Å². The molecule has 1 atom stereocenters. The van der Waals surface area contributed by atoms with E-state index >= 15 is 0 Å². The van der Waals surface area contributed by atoms with E-state index in [0.717, 1.165) is 37.9 Å². The quantitative estimate of drug-likeness (QED) is 0.645. The number of methoxy groups -OCH3 is 1. The highest BCUT2D eigenvalue weighted by Crippen LogP contribution is 2.27. The highest BCUT2D eigenvalue weighted by molar-refractivity contribution is 5.95. The minimum Gasteiger partial charge on any atom is -0.459 e. The molecule has 5 rings (SSSR count). The van der Waals surface area contributed by atoms with Gasteiger partial charge >= 0.3 is 5.97 Å². The van der Waals surface area contributed by atoms with E-state index in [0.29, 0.717) is 23.0 Å². The Morgan fingerprint density at radius 2 is 2.15 bits per heavy atom. The highest BCUT2D eigenvalue weighted by Gasteiger charge is 2.35. The van der Waals surface area contributed by atoms with E-state index in [1.807, 2.05) is 0 Å². The summed E-state index contributed by atoms with van der Waals surface area (Å²) < 4.78 is 10.1. The van der Waals surface area contributed by atoms with E-state index in [-0.39, 0.29) is 11.9 Å². The van der Waals surface area contributed by atoms with Crippen molar-refractivity contribution >= 4 is 22.8 Å². The average molecular weight is 353 g/mol. The van der Waals surface area contributed by atoms with Gasteiger partial charge in [0.15, 0.2) is 5.76 Å². The minimum absolute atomic E-state index is 0.181. The predicted octanol–water partition coefficient (Wildman–Crippen LogP) is 1.18. The van der Waals surface area contributed by atoms with Crippen LogP contribution in [0.3, 0.4) is 0 Å². The Labute approximate surface area is 150 Å². The van der Waals surface area contributed by atoms with Crippen molar-refractivity contribution in [2.24, 2.45) is 5.92 Å². The molecule has 0 aromatic carbocycles. The Kier molecular flexibility index (Phi) is 4.35. The third-order valence-corrected chi connectivity index (χ3v) is 5.08. The fourth-order valence-electron chi connectivity index (χ4n) is 3.65. The average Bonchev–Trinajstić information content (AvgIpc) is 3.09. The largest absolute Gasteiger partial charge is 0.459 e. The molecule has 0 spiro atoms. The van der Waals surface area contributed by atoms with Crippen molar-refractivity contribution in [3.63, 3.8) is 0 Å². The molecule has 0 unspecified atom stereocenters. The number of fused-ring (bicyclic) bond motifs is 4. The molecule has 2 bridgehead atoms. The summed E-state index contributed by atoms with van der Waals surface area (Å²) in [6.45, 7) is 3.17. The summed E-state index contributed by atoms with van der Waals surface area (Å²) in [7, 11) is 1.26. The molecule has 0 saturated carbocycles. The molecule has 3 fully saturated rings. The van der Waals surface area contributed by atoms with Gasteiger partial charge in [0.25, 0.3) is 5.91 Å². The van der Waals surface area contributed by atoms with Gasteiger partial charge in [-0.3, -0.25) is 9.78 Å². The fraction of sp³-hybridized carbons (Fsp3) is 0.421. The van der Waals surface area contributed by atoms with Crippen molar-refractivity contribution in [2.45, 2.75) is 18.9 Å². The Bertz CT molecular complexity index is 916. The maximum atomic E-state index is 12.6. The number of esters is 1. The lowest BCUT2D eigenvalue weighted by Crippen LogP contribution is -2.57. The van der Waals surface area contributed by atoms with Crippen LogP contribution < -0.4 is 5.32 Å². The molecule has 2 aromatic heterocycles. The van der Waals surface area contributed by atoms with E-state index in [1.165, 1.54) is 7.11 Å². The van der Waals surface area contributed by atoms with E-state index in [9.17, 15) is 9.59 Å². The van der Waals surface area contributed by atoms with Gasteiger partial charge < -0.3 is 19.4 Å². The summed E-state index contributed by atoms with van der Waals surface area (Å²) in [6.07, 6.45) is 3.85. The number of pyridine rings is 1. The first-order chi connectivity index (χ1) is 12.6. The molecular formula is C19H19N3O4. The molecule has 134 valence electrons. The fourth-order valence-corrected chi connectivity index (χ4v) is 3.65. The number of nitrogens with zero attached hydrogens (tertiary/aromatic N) is 2. The zero-order valence-electron chi connectivity index (χ0n) is 14.4. The highest BCUT2D eigenvalue weighted by atomic mass is 16.5. The molecule has 1 amide bonds. The Morgan fingerprint density at radius 3 is 2.85 bits per heavy atom. The monoisotopic (exact) mass is 353 g/mol. The number of ether oxygens (including phenoxy) is 1. The van der Waals surface area contributed by atoms with Crippen molar-refractivity contribution < 1.29 is 18.7 Å². The van der Waals surface area contributed by atoms with Crippen LogP contribution in [0.15, 0.2) is 22.7 Å². The summed E-state index contributed by atoms with van der Waals surface area (Å²) in [5, 5.41) is 3.83. The zero-order chi connectivity index (χ0) is 18.1. The molecule has 3 saturated heterocycles. The van der Waals surface area contributed by atoms with Crippen molar-refractivity contribution in [2.75, 3.05) is 26.7 Å². The third-order valence-electron chi connectivity index (χ3n) is 5.08. The van der Waals surface area contributed by atoms with Crippen LogP contribution in [0.4, 0.5) is 0 Å². The van der Waals surface area contributed by atoms with Gasteiger partial charge in [-0.1, -0.05) is 0 Å². The summed E-state index contributed by atoms with van der Waals surface area (Å²) >= 11 is 0. The number of rotatable bonds is 2. The van der Waals surface area contributed by atoms with Crippen LogP contribution in [0.25, 0.3) is 11.0 Å². The molecule has 7 heteroatoms. The Balaban J connectivity index is 1.50. The molecule has 0 aliphatic carbocycles. The van der Waals surface area contributed by atoms with E-state index in [4.69, 9.17) is 4.42 Å². The number of amides is 1. The van der Waals surface area contributed by atoms with Crippen molar-refractivity contribution in [3.8, 4) is 11.8 Å². The second kappa shape index (κ2) is 6.81. The summed E-state index contributed by atoms with van der Waals surface area (Å²) in [5.41, 5.74) is 0.823. The summed E-state index contributed by atoms with van der Waals surface area (Å²) in [4.78, 5) is 30.3. The van der Waals surface area contributed by atoms with Crippen LogP contribution in [-0.4, -0.2) is 54.5 Å². The van der Waals surface area contributed by atoms with Crippen LogP contribution in [0.5, 0.6) is 0 Å². The number of carbonyl (C=O) groups is 2. The summed E-state index contributed by atoms with van der Waals surface area (Å²) in [6, 6.07) is 3.46. The van der Waals surface area contributed by atoms with Crippen LogP contribution >= 0.6 is 0 Å². The van der Waals surface area contributed by atoms with Gasteiger partial charge in [0.2, 0.25) is 0 Å². The molecule has 3 aliphatic rings. The van der Waals surface area contributed by atoms with Crippen LogP contribution in [-0.2, 0) is 9.53 Å². The Morgan fingerprint density at radius 1 is 1.35 bits per heavy atom. The van der Waals surface area contributed by atoms with E-state index in [2.05, 4.69) is 31.8 Å². The molecule has 1 N–H and O–H groups in total. The predicted molar refractivity (Wildman–Crippen MR) is 93.3 cm³/mol. The molecule has 7 nitrogen and oxygen atoms in total. The lowest BCUT2D eigenvalue weighted by Gasteiger charge is -2.44. The number of nitrogens with one attached hydrogen (secondary N) is 1. The first-order valence-corrected chi connectivity index (χ1v) is 8.65. The van der Waals surface area contributed by atoms with Crippen molar-refractivity contribution in [1.29, 1.82) is 0 Å². The first kappa shape index (κ1) is 16.6. The normalized spacial score (nSPS) is 24.0. The number of hydrogen-bond acceptors (Lipinski definition) is 6. The molecule has 26 heavy (non-hydrogen) atoms. The van der Waals surface area contributed by atoms with Gasteiger partial charge in [-0.05, 0) is 37.8 Å². The minimum atomic E-state index is -0.638. The van der Waals surface area contributed by atoms with E-state index in [1.54, 1.807) is 18.3 Å². The van der Waals surface area contributed by atoms with Crippen molar-refractivity contribution in [1.82, 2.24) is 15.2 Å². The number of furan rings is 1. The third kappa shape index (κ3) is 3.28.